The fraction of sp³-hybridized carbons (Fsp3) is 0.619. The Morgan fingerprint density at radius 3 is 2.56 bits per heavy atom. The van der Waals surface area contributed by atoms with Gasteiger partial charge in [-0.25, -0.2) is 0 Å². The van der Waals surface area contributed by atoms with Gasteiger partial charge in [0.15, 0.2) is 0 Å². The van der Waals surface area contributed by atoms with Crippen molar-refractivity contribution in [1.29, 1.82) is 0 Å². The van der Waals surface area contributed by atoms with Gasteiger partial charge in [-0.1, -0.05) is 70.2 Å². The van der Waals surface area contributed by atoms with E-state index < -0.39 is 0 Å². The summed E-state index contributed by atoms with van der Waals surface area (Å²) < 4.78 is 0. The fourth-order valence-electron chi connectivity index (χ4n) is 3.00. The standard InChI is InChI=1S/C21H35N3O/c1-4-6-7-8-13-20(10-5-2)21(25)24-16-19-12-9-11-18(14-19)15-23-17(3)22/h9,11-12,14,20H,4-8,10,13,15-16H2,1-3H3,(H2,22,23)(H,24,25)/p+1/t20-/m1/s1. The van der Waals surface area contributed by atoms with Crippen molar-refractivity contribution in [3.8, 4) is 0 Å². The summed E-state index contributed by atoms with van der Waals surface area (Å²) in [6, 6.07) is 8.26. The van der Waals surface area contributed by atoms with E-state index in [1.54, 1.807) is 0 Å². The van der Waals surface area contributed by atoms with E-state index >= 15 is 0 Å². The molecular weight excluding hydrogens is 310 g/mol. The maximum Gasteiger partial charge on any atom is 0.237 e. The first-order valence-corrected chi connectivity index (χ1v) is 9.75. The molecule has 0 unspecified atom stereocenters. The molecule has 0 spiro atoms. The van der Waals surface area contributed by atoms with Gasteiger partial charge in [0.25, 0.3) is 0 Å². The third-order valence-corrected chi connectivity index (χ3v) is 4.44. The largest absolute Gasteiger partial charge is 0.352 e. The summed E-state index contributed by atoms with van der Waals surface area (Å²) >= 11 is 0. The Hall–Kier alpha value is -1.84. The lowest BCUT2D eigenvalue weighted by Gasteiger charge is -2.16. The monoisotopic (exact) mass is 346 g/mol. The van der Waals surface area contributed by atoms with Crippen LogP contribution in [-0.4, -0.2) is 11.7 Å². The predicted molar refractivity (Wildman–Crippen MR) is 105 cm³/mol. The van der Waals surface area contributed by atoms with Crippen molar-refractivity contribution in [3.05, 3.63) is 35.4 Å². The topological polar surface area (TPSA) is 69.1 Å². The van der Waals surface area contributed by atoms with Gasteiger partial charge in [-0.3, -0.25) is 15.5 Å². The van der Waals surface area contributed by atoms with E-state index in [9.17, 15) is 4.79 Å². The van der Waals surface area contributed by atoms with E-state index in [1.807, 2.05) is 13.0 Å². The van der Waals surface area contributed by atoms with Gasteiger partial charge < -0.3 is 5.32 Å². The zero-order valence-corrected chi connectivity index (χ0v) is 16.2. The van der Waals surface area contributed by atoms with Gasteiger partial charge >= 0.3 is 0 Å². The molecule has 0 saturated heterocycles. The normalized spacial score (nSPS) is 12.8. The lowest BCUT2D eigenvalue weighted by Crippen LogP contribution is -2.72. The van der Waals surface area contributed by atoms with Crippen LogP contribution in [0.5, 0.6) is 0 Å². The number of hydrogen-bond acceptors (Lipinski definition) is 1. The van der Waals surface area contributed by atoms with Crippen molar-refractivity contribution in [1.82, 2.24) is 5.32 Å². The minimum absolute atomic E-state index is 0.154. The average Bonchev–Trinajstić information content (AvgIpc) is 2.61. The van der Waals surface area contributed by atoms with Gasteiger partial charge in [0.2, 0.25) is 11.7 Å². The van der Waals surface area contributed by atoms with Gasteiger partial charge in [0.1, 0.15) is 6.54 Å². The highest BCUT2D eigenvalue weighted by Crippen LogP contribution is 2.17. The maximum atomic E-state index is 12.5. The first kappa shape index (κ1) is 21.2. The van der Waals surface area contributed by atoms with E-state index in [2.05, 4.69) is 42.4 Å². The summed E-state index contributed by atoms with van der Waals surface area (Å²) in [5.41, 5.74) is 7.94. The Kier molecular flexibility index (Phi) is 10.6. The van der Waals surface area contributed by atoms with Crippen LogP contribution in [0.4, 0.5) is 0 Å². The van der Waals surface area contributed by atoms with Crippen LogP contribution in [-0.2, 0) is 17.9 Å². The third kappa shape index (κ3) is 9.28. The van der Waals surface area contributed by atoms with Crippen LogP contribution in [0.2, 0.25) is 0 Å². The molecule has 0 saturated carbocycles. The lowest BCUT2D eigenvalue weighted by atomic mass is 9.95. The predicted octanol–water partition coefficient (Wildman–Crippen LogP) is 2.65. The van der Waals surface area contributed by atoms with Crippen molar-refractivity contribution >= 4 is 11.7 Å². The van der Waals surface area contributed by atoms with E-state index in [4.69, 9.17) is 5.73 Å². The van der Waals surface area contributed by atoms with Gasteiger partial charge in [0.05, 0.1) is 0 Å². The summed E-state index contributed by atoms with van der Waals surface area (Å²) in [4.78, 5) is 15.7. The molecule has 4 nitrogen and oxygen atoms in total. The number of nitrogens with two attached hydrogens (primary N) is 1. The van der Waals surface area contributed by atoms with Crippen LogP contribution in [0.1, 0.15) is 76.8 Å². The van der Waals surface area contributed by atoms with E-state index in [1.165, 1.54) is 24.8 Å². The van der Waals surface area contributed by atoms with Crippen LogP contribution in [0.25, 0.3) is 0 Å². The van der Waals surface area contributed by atoms with Gasteiger partial charge in [-0.2, -0.15) is 0 Å². The number of carbonyl (C=O) groups excluding carboxylic acids is 1. The lowest BCUT2D eigenvalue weighted by molar-refractivity contribution is -0.476. The molecule has 0 aromatic heterocycles. The van der Waals surface area contributed by atoms with Crippen LogP contribution in [0.3, 0.4) is 0 Å². The molecule has 1 aromatic carbocycles. The zero-order valence-electron chi connectivity index (χ0n) is 16.2. The highest BCUT2D eigenvalue weighted by molar-refractivity contribution is 5.78. The number of rotatable bonds is 12. The Morgan fingerprint density at radius 2 is 1.88 bits per heavy atom. The smallest absolute Gasteiger partial charge is 0.237 e. The summed E-state index contributed by atoms with van der Waals surface area (Å²) in [5, 5.41) is 3.13. The summed E-state index contributed by atoms with van der Waals surface area (Å²) in [7, 11) is 0. The maximum absolute atomic E-state index is 12.5. The number of benzene rings is 1. The Balaban J connectivity index is 2.51. The zero-order chi connectivity index (χ0) is 18.5. The van der Waals surface area contributed by atoms with Gasteiger partial charge in [0, 0.05) is 19.4 Å². The molecule has 0 aliphatic carbocycles. The fourth-order valence-corrected chi connectivity index (χ4v) is 3.00. The number of unbranched alkanes of at least 4 members (excludes halogenated alkanes) is 3. The molecule has 4 heteroatoms. The Labute approximate surface area is 153 Å². The highest BCUT2D eigenvalue weighted by atomic mass is 16.1. The molecule has 4 N–H and O–H groups in total. The first-order valence-electron chi connectivity index (χ1n) is 9.75. The van der Waals surface area contributed by atoms with Crippen LogP contribution in [0, 0.1) is 5.92 Å². The Morgan fingerprint density at radius 1 is 1.12 bits per heavy atom. The second kappa shape index (κ2) is 12.5. The first-order chi connectivity index (χ1) is 12.1. The quantitative estimate of drug-likeness (QED) is 0.309. The molecule has 0 fully saturated rings. The SMILES string of the molecule is CCCCCC[C@@H](CCC)C(=O)NCc1cccc(C[NH+]=C(C)N)c1. The summed E-state index contributed by atoms with van der Waals surface area (Å²) in [6.07, 6.45) is 7.93. The molecular formula is C21H36N3O+. The molecule has 0 aliphatic heterocycles. The molecule has 0 radical (unpaired) electrons. The third-order valence-electron chi connectivity index (χ3n) is 4.44. The number of amidine groups is 1. The van der Waals surface area contributed by atoms with E-state index in [0.29, 0.717) is 18.9 Å². The van der Waals surface area contributed by atoms with Gasteiger partial charge in [-0.15, -0.1) is 0 Å². The number of nitrogens with one attached hydrogen (secondary N) is 2. The molecule has 0 aliphatic rings. The van der Waals surface area contributed by atoms with Crippen LogP contribution >= 0.6 is 0 Å². The molecule has 0 bridgehead atoms. The van der Waals surface area contributed by atoms with Crippen LogP contribution in [0.15, 0.2) is 24.3 Å². The van der Waals surface area contributed by atoms with Gasteiger partial charge in [-0.05, 0) is 24.0 Å². The van der Waals surface area contributed by atoms with E-state index in [-0.39, 0.29) is 11.8 Å². The van der Waals surface area contributed by atoms with Crippen molar-refractivity contribution in [2.45, 2.75) is 78.8 Å². The summed E-state index contributed by atoms with van der Waals surface area (Å²) in [5.74, 6) is 1.07. The second-order valence-corrected chi connectivity index (χ2v) is 6.91. The molecule has 0 heterocycles. The second-order valence-electron chi connectivity index (χ2n) is 6.91. The number of hydrogen-bond donors (Lipinski definition) is 3. The number of carbonyl (C=O) groups is 1. The number of amides is 1. The van der Waals surface area contributed by atoms with Crippen LogP contribution < -0.4 is 16.0 Å². The molecule has 1 atom stereocenters. The molecule has 1 rings (SSSR count). The molecule has 140 valence electrons. The molecule has 1 aromatic rings. The van der Waals surface area contributed by atoms with E-state index in [0.717, 1.165) is 31.2 Å². The van der Waals surface area contributed by atoms with Crippen molar-refractivity contribution in [2.24, 2.45) is 11.7 Å². The Bertz CT molecular complexity index is 536. The average molecular weight is 347 g/mol. The van der Waals surface area contributed by atoms with Crippen molar-refractivity contribution in [3.63, 3.8) is 0 Å². The molecule has 25 heavy (non-hydrogen) atoms. The highest BCUT2D eigenvalue weighted by Gasteiger charge is 2.16. The minimum Gasteiger partial charge on any atom is -0.352 e. The molecule has 1 amide bonds. The van der Waals surface area contributed by atoms with Crippen molar-refractivity contribution in [2.75, 3.05) is 0 Å². The summed E-state index contributed by atoms with van der Waals surface area (Å²) in [6.45, 7) is 7.51. The minimum atomic E-state index is 0.154. The van der Waals surface area contributed by atoms with Crippen molar-refractivity contribution < 1.29 is 9.79 Å².